The second kappa shape index (κ2) is 8.24. The van der Waals surface area contributed by atoms with Crippen LogP contribution in [-0.4, -0.2) is 43.6 Å². The van der Waals surface area contributed by atoms with E-state index in [1.54, 1.807) is 19.2 Å². The van der Waals surface area contributed by atoms with E-state index < -0.39 is 5.97 Å². The molecule has 0 fully saturated rings. The highest BCUT2D eigenvalue weighted by Crippen LogP contribution is 2.31. The number of hydrogen-bond acceptors (Lipinski definition) is 6. The molecule has 0 unspecified atom stereocenters. The number of carbonyl (C=O) groups excluding carboxylic acids is 2. The largest absolute Gasteiger partial charge is 0.486 e. The monoisotopic (exact) mass is 357 g/mol. The number of ether oxygens (including phenoxy) is 3. The third-order valence-corrected chi connectivity index (χ3v) is 3.72. The highest BCUT2D eigenvalue weighted by atomic mass is 16.6. The van der Waals surface area contributed by atoms with Crippen molar-refractivity contribution in [2.75, 3.05) is 26.9 Å². The maximum absolute atomic E-state index is 12.1. The summed E-state index contributed by atoms with van der Waals surface area (Å²) in [5.74, 6) is 0.987. The van der Waals surface area contributed by atoms with Crippen molar-refractivity contribution in [3.05, 3.63) is 54.0 Å². The fourth-order valence-corrected chi connectivity index (χ4v) is 2.38. The van der Waals surface area contributed by atoms with Gasteiger partial charge < -0.3 is 23.5 Å². The van der Waals surface area contributed by atoms with E-state index in [-0.39, 0.29) is 12.5 Å². The Morgan fingerprint density at radius 2 is 2.00 bits per heavy atom. The first-order valence-electron chi connectivity index (χ1n) is 8.12. The number of hydrogen-bond donors (Lipinski definition) is 0. The lowest BCUT2D eigenvalue weighted by molar-refractivity contribution is -0.147. The molecule has 0 bridgehead atoms. The van der Waals surface area contributed by atoms with E-state index in [9.17, 15) is 9.59 Å². The summed E-state index contributed by atoms with van der Waals surface area (Å²) in [4.78, 5) is 25.2. The van der Waals surface area contributed by atoms with Crippen molar-refractivity contribution in [1.29, 1.82) is 0 Å². The molecule has 0 radical (unpaired) electrons. The third kappa shape index (κ3) is 4.66. The number of nitrogens with zero attached hydrogens (tertiary/aromatic N) is 1. The molecule has 0 spiro atoms. The molecule has 0 aliphatic carbocycles. The molecule has 0 saturated heterocycles. The van der Waals surface area contributed by atoms with Gasteiger partial charge in [-0.2, -0.15) is 0 Å². The second-order valence-electron chi connectivity index (χ2n) is 5.68. The molecule has 0 atom stereocenters. The first-order chi connectivity index (χ1) is 12.6. The van der Waals surface area contributed by atoms with Crippen molar-refractivity contribution in [3.63, 3.8) is 0 Å². The van der Waals surface area contributed by atoms with Crippen molar-refractivity contribution in [2.45, 2.75) is 6.54 Å². The van der Waals surface area contributed by atoms with Crippen LogP contribution in [0.4, 0.5) is 0 Å². The van der Waals surface area contributed by atoms with Crippen LogP contribution in [0.2, 0.25) is 0 Å². The van der Waals surface area contributed by atoms with Crippen LogP contribution in [0.5, 0.6) is 11.5 Å². The van der Waals surface area contributed by atoms with Gasteiger partial charge in [0.15, 0.2) is 18.1 Å². The Kier molecular flexibility index (Phi) is 5.58. The lowest BCUT2D eigenvalue weighted by Crippen LogP contribution is -2.30. The normalized spacial score (nSPS) is 12.8. The number of amides is 1. The topological polar surface area (TPSA) is 78.2 Å². The number of esters is 1. The fourth-order valence-electron chi connectivity index (χ4n) is 2.38. The molecule has 0 saturated carbocycles. The van der Waals surface area contributed by atoms with Crippen LogP contribution in [0.25, 0.3) is 6.08 Å². The van der Waals surface area contributed by atoms with E-state index in [0.29, 0.717) is 37.0 Å². The minimum absolute atomic E-state index is 0.306. The molecule has 1 aromatic heterocycles. The highest BCUT2D eigenvalue weighted by Gasteiger charge is 2.15. The Hall–Kier alpha value is -3.22. The van der Waals surface area contributed by atoms with Gasteiger partial charge in [0.2, 0.25) is 0 Å². The molecule has 7 heteroatoms. The molecule has 26 heavy (non-hydrogen) atoms. The van der Waals surface area contributed by atoms with Crippen LogP contribution in [0.15, 0.2) is 47.1 Å². The van der Waals surface area contributed by atoms with E-state index in [1.165, 1.54) is 23.3 Å². The predicted molar refractivity (Wildman–Crippen MR) is 92.6 cm³/mol. The molecule has 3 rings (SSSR count). The molecule has 1 aliphatic heterocycles. The van der Waals surface area contributed by atoms with Crippen LogP contribution in [0.3, 0.4) is 0 Å². The summed E-state index contributed by atoms with van der Waals surface area (Å²) in [6.07, 6.45) is 4.19. The van der Waals surface area contributed by atoms with Gasteiger partial charge in [0.25, 0.3) is 5.91 Å². The molecular formula is C19H19NO6. The minimum Gasteiger partial charge on any atom is -0.486 e. The van der Waals surface area contributed by atoms with E-state index in [2.05, 4.69) is 0 Å². The average molecular weight is 357 g/mol. The van der Waals surface area contributed by atoms with Crippen LogP contribution in [0, 0.1) is 0 Å². The lowest BCUT2D eigenvalue weighted by Gasteiger charge is -2.21. The Morgan fingerprint density at radius 1 is 1.19 bits per heavy atom. The first kappa shape index (κ1) is 17.6. The Bertz CT molecular complexity index is 796. The Labute approximate surface area is 150 Å². The first-order valence-corrected chi connectivity index (χ1v) is 8.12. The maximum Gasteiger partial charge on any atom is 0.331 e. The predicted octanol–water partition coefficient (Wildman–Crippen LogP) is 2.27. The second-order valence-corrected chi connectivity index (χ2v) is 5.68. The summed E-state index contributed by atoms with van der Waals surface area (Å²) >= 11 is 0. The molecule has 7 nitrogen and oxygen atoms in total. The summed E-state index contributed by atoms with van der Waals surface area (Å²) in [5, 5.41) is 0. The Balaban J connectivity index is 1.47. The molecule has 2 aromatic rings. The van der Waals surface area contributed by atoms with Crippen molar-refractivity contribution in [1.82, 2.24) is 4.90 Å². The minimum atomic E-state index is -0.609. The maximum atomic E-state index is 12.1. The molecule has 136 valence electrons. The highest BCUT2D eigenvalue weighted by molar-refractivity contribution is 5.88. The quantitative estimate of drug-likeness (QED) is 0.583. The van der Waals surface area contributed by atoms with Crippen molar-refractivity contribution in [2.24, 2.45) is 0 Å². The van der Waals surface area contributed by atoms with Crippen molar-refractivity contribution < 1.29 is 28.2 Å². The van der Waals surface area contributed by atoms with Crippen molar-refractivity contribution in [3.8, 4) is 11.5 Å². The fraction of sp³-hybridized carbons (Fsp3) is 0.263. The summed E-state index contributed by atoms with van der Waals surface area (Å²) in [6.45, 7) is 1.08. The van der Waals surface area contributed by atoms with Crippen LogP contribution in [0.1, 0.15) is 11.3 Å². The van der Waals surface area contributed by atoms with Crippen LogP contribution >= 0.6 is 0 Å². The van der Waals surface area contributed by atoms with Crippen LogP contribution in [-0.2, 0) is 20.9 Å². The van der Waals surface area contributed by atoms with Gasteiger partial charge in [0.05, 0.1) is 6.26 Å². The number of furan rings is 1. The van der Waals surface area contributed by atoms with Gasteiger partial charge >= 0.3 is 5.97 Å². The Morgan fingerprint density at radius 3 is 2.77 bits per heavy atom. The molecule has 1 aromatic carbocycles. The van der Waals surface area contributed by atoms with E-state index in [0.717, 1.165) is 5.56 Å². The number of fused-ring (bicyclic) bond motifs is 1. The van der Waals surface area contributed by atoms with E-state index >= 15 is 0 Å². The molecular weight excluding hydrogens is 338 g/mol. The standard InChI is InChI=1S/C19H19NO6/c1-20(12-14-4-6-16-17(11-14)25-10-9-24-16)18(21)13-26-19(22)7-5-15-3-2-8-23-15/h2-8,11H,9-10,12-13H2,1H3/b7-5+. The number of benzene rings is 1. The zero-order valence-corrected chi connectivity index (χ0v) is 14.3. The van der Waals surface area contributed by atoms with Gasteiger partial charge in [-0.3, -0.25) is 4.79 Å². The molecule has 0 N–H and O–H groups in total. The number of carbonyl (C=O) groups is 2. The lowest BCUT2D eigenvalue weighted by atomic mass is 10.2. The van der Waals surface area contributed by atoms with Gasteiger partial charge in [-0.1, -0.05) is 6.07 Å². The van der Waals surface area contributed by atoms with Gasteiger partial charge in [-0.05, 0) is 35.9 Å². The van der Waals surface area contributed by atoms with Gasteiger partial charge in [-0.25, -0.2) is 4.79 Å². The zero-order chi connectivity index (χ0) is 18.4. The summed E-state index contributed by atoms with van der Waals surface area (Å²) in [5.41, 5.74) is 0.897. The zero-order valence-electron chi connectivity index (χ0n) is 14.3. The molecule has 1 aliphatic rings. The van der Waals surface area contributed by atoms with Gasteiger partial charge in [0, 0.05) is 19.7 Å². The number of rotatable bonds is 6. The van der Waals surface area contributed by atoms with E-state index in [1.807, 2.05) is 18.2 Å². The molecule has 1 amide bonds. The van der Waals surface area contributed by atoms with E-state index in [4.69, 9.17) is 18.6 Å². The molecule has 2 heterocycles. The smallest absolute Gasteiger partial charge is 0.331 e. The summed E-state index contributed by atoms with van der Waals surface area (Å²) in [7, 11) is 1.64. The third-order valence-electron chi connectivity index (χ3n) is 3.72. The summed E-state index contributed by atoms with van der Waals surface area (Å²) < 4.78 is 21.0. The SMILES string of the molecule is CN(Cc1ccc2c(c1)OCCO2)C(=O)COC(=O)/C=C/c1ccco1. The van der Waals surface area contributed by atoms with Crippen LogP contribution < -0.4 is 9.47 Å². The van der Waals surface area contributed by atoms with Gasteiger partial charge in [0.1, 0.15) is 19.0 Å². The van der Waals surface area contributed by atoms with Gasteiger partial charge in [-0.15, -0.1) is 0 Å². The summed E-state index contributed by atoms with van der Waals surface area (Å²) in [6, 6.07) is 8.95. The average Bonchev–Trinajstić information content (AvgIpc) is 3.18. The number of likely N-dealkylation sites (N-methyl/N-ethyl adjacent to an activating group) is 1. The van der Waals surface area contributed by atoms with Crippen molar-refractivity contribution >= 4 is 18.0 Å².